The largest absolute Gasteiger partial charge is 0.416 e. The van der Waals surface area contributed by atoms with E-state index >= 15 is 0 Å². The standard InChI is InChI=1S/C23H19F3N4OS2/c1-2-30-20(18-12-7-13-32-18)28-29-22(30)33-19(15-8-4-3-5-9-15)21(31)27-17-11-6-10-16(14-17)23(24,25)26/h3-14,19H,2H2,1H3,(H,27,31)/t19-/m0/s1. The van der Waals surface area contributed by atoms with Crippen LogP contribution in [0.4, 0.5) is 18.9 Å². The molecule has 5 nitrogen and oxygen atoms in total. The lowest BCUT2D eigenvalue weighted by molar-refractivity contribution is -0.137. The van der Waals surface area contributed by atoms with Gasteiger partial charge in [0, 0.05) is 12.2 Å². The minimum atomic E-state index is -4.50. The molecule has 2 aromatic carbocycles. The second-order valence-electron chi connectivity index (χ2n) is 7.00. The maximum Gasteiger partial charge on any atom is 0.416 e. The molecule has 0 bridgehead atoms. The number of rotatable bonds is 7. The van der Waals surface area contributed by atoms with Crippen LogP contribution in [0, 0.1) is 0 Å². The quantitative estimate of drug-likeness (QED) is 0.301. The molecule has 0 unspecified atom stereocenters. The van der Waals surface area contributed by atoms with E-state index in [9.17, 15) is 18.0 Å². The van der Waals surface area contributed by atoms with E-state index in [-0.39, 0.29) is 5.69 Å². The van der Waals surface area contributed by atoms with E-state index in [1.807, 2.05) is 47.2 Å². The number of hydrogen-bond donors (Lipinski definition) is 1. The highest BCUT2D eigenvalue weighted by Crippen LogP contribution is 2.38. The third kappa shape index (κ3) is 5.28. The van der Waals surface area contributed by atoms with Crippen LogP contribution in [-0.4, -0.2) is 20.7 Å². The van der Waals surface area contributed by atoms with E-state index in [1.54, 1.807) is 23.5 Å². The van der Waals surface area contributed by atoms with Crippen molar-refractivity contribution in [3.8, 4) is 10.7 Å². The molecule has 33 heavy (non-hydrogen) atoms. The molecular weight excluding hydrogens is 469 g/mol. The number of carbonyl (C=O) groups is 1. The third-order valence-corrected chi connectivity index (χ3v) is 6.90. The fourth-order valence-corrected chi connectivity index (χ4v) is 5.05. The average Bonchev–Trinajstić information content (AvgIpc) is 3.47. The Kier molecular flexibility index (Phi) is 6.85. The van der Waals surface area contributed by atoms with Crippen LogP contribution in [0.15, 0.2) is 77.3 Å². The summed E-state index contributed by atoms with van der Waals surface area (Å²) in [6, 6.07) is 17.5. The van der Waals surface area contributed by atoms with Crippen LogP contribution in [-0.2, 0) is 17.5 Å². The van der Waals surface area contributed by atoms with Crippen LogP contribution >= 0.6 is 23.1 Å². The van der Waals surface area contributed by atoms with Gasteiger partial charge in [-0.1, -0.05) is 54.2 Å². The van der Waals surface area contributed by atoms with Gasteiger partial charge in [-0.3, -0.25) is 4.79 Å². The van der Waals surface area contributed by atoms with Gasteiger partial charge in [0.2, 0.25) is 5.91 Å². The van der Waals surface area contributed by atoms with E-state index in [4.69, 9.17) is 0 Å². The van der Waals surface area contributed by atoms with E-state index in [0.717, 1.165) is 17.0 Å². The van der Waals surface area contributed by atoms with Crippen molar-refractivity contribution >= 4 is 34.7 Å². The fraction of sp³-hybridized carbons (Fsp3) is 0.174. The number of thioether (sulfide) groups is 1. The van der Waals surface area contributed by atoms with Crippen LogP contribution in [0.5, 0.6) is 0 Å². The Morgan fingerprint density at radius 1 is 1.09 bits per heavy atom. The lowest BCUT2D eigenvalue weighted by Gasteiger charge is -2.18. The Morgan fingerprint density at radius 3 is 2.55 bits per heavy atom. The number of nitrogens with one attached hydrogen (secondary N) is 1. The van der Waals surface area contributed by atoms with Crippen molar-refractivity contribution in [2.45, 2.75) is 30.1 Å². The number of carbonyl (C=O) groups excluding carboxylic acids is 1. The molecule has 2 heterocycles. The summed E-state index contributed by atoms with van der Waals surface area (Å²) in [6.07, 6.45) is -4.50. The highest BCUT2D eigenvalue weighted by molar-refractivity contribution is 8.00. The van der Waals surface area contributed by atoms with Gasteiger partial charge in [-0.25, -0.2) is 0 Å². The Labute approximate surface area is 196 Å². The minimum Gasteiger partial charge on any atom is -0.325 e. The second kappa shape index (κ2) is 9.80. The average molecular weight is 489 g/mol. The van der Waals surface area contributed by atoms with Crippen molar-refractivity contribution in [2.24, 2.45) is 0 Å². The number of nitrogens with zero attached hydrogens (tertiary/aromatic N) is 3. The molecule has 0 spiro atoms. The molecule has 10 heteroatoms. The molecule has 4 aromatic rings. The van der Waals surface area contributed by atoms with Gasteiger partial charge >= 0.3 is 6.18 Å². The number of anilines is 1. The van der Waals surface area contributed by atoms with Gasteiger partial charge in [0.05, 0.1) is 10.4 Å². The predicted molar refractivity (Wildman–Crippen MR) is 124 cm³/mol. The maximum absolute atomic E-state index is 13.2. The molecule has 2 aromatic heterocycles. The van der Waals surface area contributed by atoms with Crippen molar-refractivity contribution in [3.63, 3.8) is 0 Å². The van der Waals surface area contributed by atoms with Gasteiger partial charge in [0.25, 0.3) is 0 Å². The fourth-order valence-electron chi connectivity index (χ4n) is 3.24. The van der Waals surface area contributed by atoms with Crippen molar-refractivity contribution in [3.05, 3.63) is 83.2 Å². The molecule has 0 saturated heterocycles. The lowest BCUT2D eigenvalue weighted by atomic mass is 10.1. The number of halogens is 3. The van der Waals surface area contributed by atoms with Gasteiger partial charge in [-0.05, 0) is 42.1 Å². The molecule has 0 aliphatic carbocycles. The molecule has 4 rings (SSSR count). The van der Waals surface area contributed by atoms with Crippen LogP contribution < -0.4 is 5.32 Å². The van der Waals surface area contributed by atoms with E-state index in [0.29, 0.717) is 23.1 Å². The molecule has 1 amide bonds. The van der Waals surface area contributed by atoms with Crippen molar-refractivity contribution < 1.29 is 18.0 Å². The summed E-state index contributed by atoms with van der Waals surface area (Å²) in [7, 11) is 0. The van der Waals surface area contributed by atoms with Crippen molar-refractivity contribution in [2.75, 3.05) is 5.32 Å². The molecule has 1 atom stereocenters. The van der Waals surface area contributed by atoms with Gasteiger partial charge in [0.1, 0.15) is 5.25 Å². The number of aromatic nitrogens is 3. The third-order valence-electron chi connectivity index (χ3n) is 4.80. The summed E-state index contributed by atoms with van der Waals surface area (Å²) < 4.78 is 41.2. The summed E-state index contributed by atoms with van der Waals surface area (Å²) in [5, 5.41) is 13.0. The summed E-state index contributed by atoms with van der Waals surface area (Å²) in [5.41, 5.74) is -0.0431. The number of amides is 1. The Morgan fingerprint density at radius 2 is 1.88 bits per heavy atom. The predicted octanol–water partition coefficient (Wildman–Crippen LogP) is 6.52. The second-order valence-corrected chi connectivity index (χ2v) is 9.02. The summed E-state index contributed by atoms with van der Waals surface area (Å²) in [4.78, 5) is 14.2. The van der Waals surface area contributed by atoms with E-state index < -0.39 is 22.9 Å². The first-order valence-corrected chi connectivity index (χ1v) is 11.8. The van der Waals surface area contributed by atoms with E-state index in [2.05, 4.69) is 15.5 Å². The zero-order valence-corrected chi connectivity index (χ0v) is 19.0. The zero-order valence-electron chi connectivity index (χ0n) is 17.4. The molecule has 170 valence electrons. The van der Waals surface area contributed by atoms with Gasteiger partial charge in [-0.15, -0.1) is 21.5 Å². The SMILES string of the molecule is CCn1c(S[C@H](C(=O)Nc2cccc(C(F)(F)F)c2)c2ccccc2)nnc1-c1cccs1. The Bertz CT molecular complexity index is 1220. The minimum absolute atomic E-state index is 0.0765. The van der Waals surface area contributed by atoms with Gasteiger partial charge < -0.3 is 9.88 Å². The Hall–Kier alpha value is -3.11. The molecule has 1 N–H and O–H groups in total. The smallest absolute Gasteiger partial charge is 0.325 e. The molecule has 0 fully saturated rings. The maximum atomic E-state index is 13.2. The van der Waals surface area contributed by atoms with Crippen LogP contribution in [0.2, 0.25) is 0 Å². The molecule has 0 saturated carbocycles. The lowest BCUT2D eigenvalue weighted by Crippen LogP contribution is -2.20. The van der Waals surface area contributed by atoms with Gasteiger partial charge in [-0.2, -0.15) is 13.2 Å². The zero-order chi connectivity index (χ0) is 23.4. The van der Waals surface area contributed by atoms with E-state index in [1.165, 1.54) is 23.9 Å². The number of alkyl halides is 3. The highest BCUT2D eigenvalue weighted by Gasteiger charge is 2.31. The normalized spacial score (nSPS) is 12.5. The topological polar surface area (TPSA) is 59.8 Å². The first kappa shape index (κ1) is 23.1. The molecule has 0 aliphatic rings. The summed E-state index contributed by atoms with van der Waals surface area (Å²) in [5.74, 6) is 0.258. The van der Waals surface area contributed by atoms with Crippen molar-refractivity contribution in [1.29, 1.82) is 0 Å². The number of benzene rings is 2. The van der Waals surface area contributed by atoms with Crippen LogP contribution in [0.1, 0.15) is 23.3 Å². The molecule has 0 radical (unpaired) electrons. The van der Waals surface area contributed by atoms with Gasteiger partial charge in [0.15, 0.2) is 11.0 Å². The van der Waals surface area contributed by atoms with Crippen LogP contribution in [0.25, 0.3) is 10.7 Å². The number of thiophene rings is 1. The summed E-state index contributed by atoms with van der Waals surface area (Å²) >= 11 is 2.75. The first-order chi connectivity index (χ1) is 15.9. The van der Waals surface area contributed by atoms with Crippen molar-refractivity contribution in [1.82, 2.24) is 14.8 Å². The van der Waals surface area contributed by atoms with Crippen LogP contribution in [0.3, 0.4) is 0 Å². The first-order valence-electron chi connectivity index (χ1n) is 10.0. The number of hydrogen-bond acceptors (Lipinski definition) is 5. The summed E-state index contributed by atoms with van der Waals surface area (Å²) in [6.45, 7) is 2.56. The molecular formula is C23H19F3N4OS2. The monoisotopic (exact) mass is 488 g/mol. The Balaban J connectivity index is 1.64. The molecule has 0 aliphatic heterocycles. The highest BCUT2D eigenvalue weighted by atomic mass is 32.2.